The van der Waals surface area contributed by atoms with Gasteiger partial charge in [-0.3, -0.25) is 4.79 Å². The Morgan fingerprint density at radius 2 is 1.71 bits per heavy atom. The Kier molecular flexibility index (Phi) is 4.23. The maximum Gasteiger partial charge on any atom is 0.335 e. The van der Waals surface area contributed by atoms with E-state index in [4.69, 9.17) is 9.84 Å². The Hall–Kier alpha value is -2.82. The zero-order valence-electron chi connectivity index (χ0n) is 11.7. The van der Waals surface area contributed by atoms with Crippen molar-refractivity contribution in [1.29, 1.82) is 0 Å². The Labute approximate surface area is 122 Å². The van der Waals surface area contributed by atoms with Crippen LogP contribution < -0.4 is 9.64 Å². The van der Waals surface area contributed by atoms with Crippen molar-refractivity contribution in [2.45, 2.75) is 0 Å². The van der Waals surface area contributed by atoms with Crippen LogP contribution in [0.3, 0.4) is 0 Å². The van der Waals surface area contributed by atoms with Gasteiger partial charge >= 0.3 is 5.97 Å². The van der Waals surface area contributed by atoms with Crippen LogP contribution >= 0.6 is 0 Å². The Balaban J connectivity index is 2.23. The molecule has 5 nitrogen and oxygen atoms in total. The average Bonchev–Trinajstić information content (AvgIpc) is 2.53. The molecule has 0 aromatic heterocycles. The first-order valence-electron chi connectivity index (χ1n) is 6.28. The van der Waals surface area contributed by atoms with Crippen LogP contribution in [-0.4, -0.2) is 31.1 Å². The number of ether oxygens (including phenoxy) is 1. The topological polar surface area (TPSA) is 66.8 Å². The van der Waals surface area contributed by atoms with E-state index < -0.39 is 5.97 Å². The number of benzene rings is 2. The molecule has 0 saturated carbocycles. The van der Waals surface area contributed by atoms with Gasteiger partial charge in [0.2, 0.25) is 0 Å². The van der Waals surface area contributed by atoms with Gasteiger partial charge in [0.25, 0.3) is 5.91 Å². The van der Waals surface area contributed by atoms with Gasteiger partial charge in [0, 0.05) is 18.3 Å². The van der Waals surface area contributed by atoms with Gasteiger partial charge in [-0.15, -0.1) is 0 Å². The Morgan fingerprint density at radius 3 is 2.29 bits per heavy atom. The van der Waals surface area contributed by atoms with Crippen molar-refractivity contribution in [1.82, 2.24) is 0 Å². The molecule has 0 aliphatic heterocycles. The summed E-state index contributed by atoms with van der Waals surface area (Å²) in [5.41, 5.74) is 1.30. The molecule has 0 spiro atoms. The highest BCUT2D eigenvalue weighted by atomic mass is 16.5. The monoisotopic (exact) mass is 285 g/mol. The summed E-state index contributed by atoms with van der Waals surface area (Å²) >= 11 is 0. The zero-order chi connectivity index (χ0) is 15.4. The van der Waals surface area contributed by atoms with Crippen molar-refractivity contribution in [2.75, 3.05) is 19.1 Å². The van der Waals surface area contributed by atoms with Gasteiger partial charge in [-0.1, -0.05) is 6.07 Å². The quantitative estimate of drug-likeness (QED) is 0.937. The number of nitrogens with zero attached hydrogens (tertiary/aromatic N) is 1. The van der Waals surface area contributed by atoms with Crippen LogP contribution in [0.2, 0.25) is 0 Å². The molecule has 5 heteroatoms. The second-order valence-corrected chi connectivity index (χ2v) is 4.45. The normalized spacial score (nSPS) is 10.0. The third kappa shape index (κ3) is 3.20. The van der Waals surface area contributed by atoms with E-state index in [1.54, 1.807) is 43.4 Å². The fourth-order valence-electron chi connectivity index (χ4n) is 1.89. The van der Waals surface area contributed by atoms with Crippen LogP contribution in [0.25, 0.3) is 0 Å². The average molecular weight is 285 g/mol. The van der Waals surface area contributed by atoms with E-state index in [0.717, 1.165) is 0 Å². The minimum Gasteiger partial charge on any atom is -0.497 e. The highest BCUT2D eigenvalue weighted by molar-refractivity contribution is 6.06. The first kappa shape index (κ1) is 14.6. The van der Waals surface area contributed by atoms with Gasteiger partial charge in [0.05, 0.1) is 12.7 Å². The van der Waals surface area contributed by atoms with Gasteiger partial charge in [0.15, 0.2) is 0 Å². The van der Waals surface area contributed by atoms with Crippen molar-refractivity contribution in [3.8, 4) is 5.75 Å². The van der Waals surface area contributed by atoms with E-state index in [2.05, 4.69) is 0 Å². The summed E-state index contributed by atoms with van der Waals surface area (Å²) in [4.78, 5) is 24.7. The molecule has 0 saturated heterocycles. The number of carbonyl (C=O) groups is 2. The summed E-state index contributed by atoms with van der Waals surface area (Å²) in [6.45, 7) is 0. The van der Waals surface area contributed by atoms with Crippen LogP contribution in [0.4, 0.5) is 5.69 Å². The maximum atomic E-state index is 12.4. The number of amides is 1. The number of carboxylic acid groups (broad SMARTS) is 1. The van der Waals surface area contributed by atoms with Crippen molar-refractivity contribution in [3.05, 3.63) is 59.7 Å². The number of carbonyl (C=O) groups excluding carboxylic acids is 1. The van der Waals surface area contributed by atoms with E-state index in [9.17, 15) is 9.59 Å². The fraction of sp³-hybridized carbons (Fsp3) is 0.125. The van der Waals surface area contributed by atoms with Crippen molar-refractivity contribution < 1.29 is 19.4 Å². The van der Waals surface area contributed by atoms with E-state index in [0.29, 0.717) is 17.0 Å². The third-order valence-electron chi connectivity index (χ3n) is 3.12. The zero-order valence-corrected chi connectivity index (χ0v) is 11.7. The fourth-order valence-corrected chi connectivity index (χ4v) is 1.89. The number of methoxy groups -OCH3 is 1. The second-order valence-electron chi connectivity index (χ2n) is 4.45. The number of hydrogen-bond acceptors (Lipinski definition) is 3. The number of hydrogen-bond donors (Lipinski definition) is 1. The molecular formula is C16H15NO4. The van der Waals surface area contributed by atoms with Crippen molar-refractivity contribution in [3.63, 3.8) is 0 Å². The van der Waals surface area contributed by atoms with Crippen molar-refractivity contribution in [2.24, 2.45) is 0 Å². The molecule has 1 N–H and O–H groups in total. The SMILES string of the molecule is COc1cccc(C(=O)N(C)c2ccc(C(=O)O)cc2)c1. The number of anilines is 1. The van der Waals surface area contributed by atoms with Gasteiger partial charge in [-0.05, 0) is 42.5 Å². The minimum absolute atomic E-state index is 0.181. The van der Waals surface area contributed by atoms with Gasteiger partial charge in [-0.25, -0.2) is 4.79 Å². The van der Waals surface area contributed by atoms with Gasteiger partial charge < -0.3 is 14.7 Å². The molecule has 0 atom stereocenters. The molecule has 0 heterocycles. The standard InChI is InChI=1S/C16H15NO4/c1-17(13-8-6-11(7-9-13)16(19)20)15(18)12-4-3-5-14(10-12)21-2/h3-10H,1-2H3,(H,19,20). The summed E-state index contributed by atoms with van der Waals surface area (Å²) in [5, 5.41) is 8.86. The number of rotatable bonds is 4. The number of aromatic carboxylic acids is 1. The van der Waals surface area contributed by atoms with Crippen LogP contribution in [-0.2, 0) is 0 Å². The first-order chi connectivity index (χ1) is 10.0. The molecule has 1 amide bonds. The minimum atomic E-state index is -0.997. The lowest BCUT2D eigenvalue weighted by Crippen LogP contribution is -2.26. The molecule has 21 heavy (non-hydrogen) atoms. The maximum absolute atomic E-state index is 12.4. The second kappa shape index (κ2) is 6.09. The summed E-state index contributed by atoms with van der Waals surface area (Å²) < 4.78 is 5.10. The molecular weight excluding hydrogens is 270 g/mol. The molecule has 0 radical (unpaired) electrons. The van der Waals surface area contributed by atoms with E-state index in [-0.39, 0.29) is 11.5 Å². The molecule has 0 aliphatic carbocycles. The molecule has 0 bridgehead atoms. The Morgan fingerprint density at radius 1 is 1.05 bits per heavy atom. The lowest BCUT2D eigenvalue weighted by atomic mass is 10.1. The summed E-state index contributed by atoms with van der Waals surface area (Å²) in [5.74, 6) is -0.587. The van der Waals surface area contributed by atoms with Crippen LogP contribution in [0.1, 0.15) is 20.7 Å². The molecule has 108 valence electrons. The van der Waals surface area contributed by atoms with Gasteiger partial charge in [-0.2, -0.15) is 0 Å². The number of carboxylic acids is 1. The van der Waals surface area contributed by atoms with Crippen LogP contribution in [0, 0.1) is 0 Å². The molecule has 0 unspecified atom stereocenters. The van der Waals surface area contributed by atoms with E-state index in [1.807, 2.05) is 0 Å². The highest BCUT2D eigenvalue weighted by Crippen LogP contribution is 2.19. The lowest BCUT2D eigenvalue weighted by molar-refractivity contribution is 0.0696. The summed E-state index contributed by atoms with van der Waals surface area (Å²) in [6.07, 6.45) is 0. The smallest absolute Gasteiger partial charge is 0.335 e. The van der Waals surface area contributed by atoms with E-state index in [1.165, 1.54) is 24.1 Å². The predicted octanol–water partition coefficient (Wildman–Crippen LogP) is 2.67. The first-order valence-corrected chi connectivity index (χ1v) is 6.28. The van der Waals surface area contributed by atoms with E-state index >= 15 is 0 Å². The third-order valence-corrected chi connectivity index (χ3v) is 3.12. The molecule has 0 aliphatic rings. The summed E-state index contributed by atoms with van der Waals surface area (Å²) in [7, 11) is 3.18. The molecule has 0 fully saturated rings. The Bertz CT molecular complexity index is 664. The summed E-state index contributed by atoms with van der Waals surface area (Å²) in [6, 6.07) is 13.0. The van der Waals surface area contributed by atoms with Crippen molar-refractivity contribution >= 4 is 17.6 Å². The highest BCUT2D eigenvalue weighted by Gasteiger charge is 2.14. The molecule has 2 rings (SSSR count). The predicted molar refractivity (Wildman–Crippen MR) is 79.1 cm³/mol. The van der Waals surface area contributed by atoms with Crippen LogP contribution in [0.15, 0.2) is 48.5 Å². The molecule has 2 aromatic rings. The van der Waals surface area contributed by atoms with Gasteiger partial charge in [0.1, 0.15) is 5.75 Å². The van der Waals surface area contributed by atoms with Crippen LogP contribution in [0.5, 0.6) is 5.75 Å². The lowest BCUT2D eigenvalue weighted by Gasteiger charge is -2.18. The molecule has 2 aromatic carbocycles. The largest absolute Gasteiger partial charge is 0.497 e.